The minimum Gasteiger partial charge on any atom is -0.365 e. The highest BCUT2D eigenvalue weighted by molar-refractivity contribution is 6.30. The number of halogens is 1. The molecule has 0 radical (unpaired) electrons. The molecule has 224 valence electrons. The van der Waals surface area contributed by atoms with Gasteiger partial charge in [0.1, 0.15) is 0 Å². The molecular formula is C37H38ClN5O. The van der Waals surface area contributed by atoms with Crippen molar-refractivity contribution < 1.29 is 4.79 Å². The van der Waals surface area contributed by atoms with Gasteiger partial charge in [0.25, 0.3) is 0 Å². The van der Waals surface area contributed by atoms with Gasteiger partial charge in [-0.25, -0.2) is 4.98 Å². The molecule has 0 aliphatic heterocycles. The van der Waals surface area contributed by atoms with Gasteiger partial charge in [0, 0.05) is 54.7 Å². The van der Waals surface area contributed by atoms with E-state index in [9.17, 15) is 4.79 Å². The molecule has 4 aromatic carbocycles. The maximum atomic E-state index is 13.9. The number of aromatic nitrogens is 2. The van der Waals surface area contributed by atoms with Crippen LogP contribution < -0.4 is 4.90 Å². The Bertz CT molecular complexity index is 1750. The van der Waals surface area contributed by atoms with Crippen LogP contribution in [0.5, 0.6) is 0 Å². The summed E-state index contributed by atoms with van der Waals surface area (Å²) in [5, 5.41) is 12.2. The largest absolute Gasteiger partial charge is 0.365 e. The van der Waals surface area contributed by atoms with E-state index in [0.29, 0.717) is 30.2 Å². The lowest BCUT2D eigenvalue weighted by molar-refractivity contribution is -0.132. The van der Waals surface area contributed by atoms with Crippen LogP contribution in [-0.2, 0) is 24.3 Å². The molecule has 1 heterocycles. The number of carbonyl (C=O) groups is 1. The van der Waals surface area contributed by atoms with Gasteiger partial charge in [-0.05, 0) is 52.8 Å². The molecule has 0 saturated heterocycles. The molecule has 0 unspecified atom stereocenters. The fourth-order valence-electron chi connectivity index (χ4n) is 5.75. The van der Waals surface area contributed by atoms with E-state index >= 15 is 0 Å². The minimum absolute atomic E-state index is 0.0273. The molecule has 0 aliphatic carbocycles. The number of nitriles is 1. The predicted molar refractivity (Wildman–Crippen MR) is 179 cm³/mol. The molecule has 0 bridgehead atoms. The average Bonchev–Trinajstić information content (AvgIpc) is 3.48. The van der Waals surface area contributed by atoms with Crippen molar-refractivity contribution in [2.45, 2.75) is 45.8 Å². The van der Waals surface area contributed by atoms with Crippen LogP contribution >= 0.6 is 11.6 Å². The number of benzene rings is 4. The Morgan fingerprint density at radius 3 is 2.50 bits per heavy atom. The van der Waals surface area contributed by atoms with Crippen LogP contribution in [0.4, 0.5) is 5.69 Å². The number of hydrogen-bond acceptors (Lipinski definition) is 4. The van der Waals surface area contributed by atoms with Gasteiger partial charge in [-0.1, -0.05) is 92.5 Å². The summed E-state index contributed by atoms with van der Waals surface area (Å²) in [6, 6.07) is 32.5. The topological polar surface area (TPSA) is 65.2 Å². The first kappa shape index (κ1) is 30.8. The first-order valence-corrected chi connectivity index (χ1v) is 15.4. The number of amides is 1. The highest BCUT2D eigenvalue weighted by atomic mass is 35.5. The Morgan fingerprint density at radius 2 is 1.75 bits per heavy atom. The molecule has 0 saturated carbocycles. The second-order valence-electron chi connectivity index (χ2n) is 11.5. The summed E-state index contributed by atoms with van der Waals surface area (Å²) < 4.78 is 2.01. The summed E-state index contributed by atoms with van der Waals surface area (Å²) in [4.78, 5) is 22.6. The highest BCUT2D eigenvalue weighted by Gasteiger charge is 2.28. The molecule has 2 atom stereocenters. The number of carbonyl (C=O) groups excluding carboxylic acids is 1. The molecule has 44 heavy (non-hydrogen) atoms. The van der Waals surface area contributed by atoms with Gasteiger partial charge >= 0.3 is 0 Å². The van der Waals surface area contributed by atoms with E-state index in [2.05, 4.69) is 78.3 Å². The molecular weight excluding hydrogens is 566 g/mol. The third-order valence-electron chi connectivity index (χ3n) is 8.54. The summed E-state index contributed by atoms with van der Waals surface area (Å²) in [6.07, 6.45) is 4.73. The van der Waals surface area contributed by atoms with Gasteiger partial charge in [0.15, 0.2) is 0 Å². The Morgan fingerprint density at radius 1 is 1.00 bits per heavy atom. The quantitative estimate of drug-likeness (QED) is 0.146. The minimum atomic E-state index is -0.0273. The number of imidazole rings is 1. The molecule has 1 aromatic heterocycles. The predicted octanol–water partition coefficient (Wildman–Crippen LogP) is 7.73. The van der Waals surface area contributed by atoms with Crippen molar-refractivity contribution in [1.29, 1.82) is 5.26 Å². The second kappa shape index (κ2) is 14.2. The molecule has 5 rings (SSSR count). The van der Waals surface area contributed by atoms with Crippen molar-refractivity contribution in [2.75, 3.05) is 18.5 Å². The van der Waals surface area contributed by atoms with Crippen LogP contribution in [0.3, 0.4) is 0 Å². The number of rotatable bonds is 12. The maximum absolute atomic E-state index is 13.9. The fraction of sp³-hybridized carbons (Fsp3) is 0.270. The standard InChI is InChI=1S/C37H38ClN5O/c1-4-27(2)36(41(3)37(44)20-33-22-40-26-43(33)23-29-17-15-28(21-39)16-18-29)25-42(24-30-9-7-12-32(38)19-30)35-14-8-11-31-10-5-6-13-34(31)35/h5-19,22,26-27,36H,4,20,23-25H2,1-3H3/t27-,36+/m0/s1. The van der Waals surface area contributed by atoms with Crippen molar-refractivity contribution in [3.63, 3.8) is 0 Å². The Balaban J connectivity index is 1.40. The van der Waals surface area contributed by atoms with E-state index < -0.39 is 0 Å². The van der Waals surface area contributed by atoms with Crippen molar-refractivity contribution in [2.24, 2.45) is 5.92 Å². The third-order valence-corrected chi connectivity index (χ3v) is 8.77. The molecule has 7 heteroatoms. The molecule has 1 amide bonds. The second-order valence-corrected chi connectivity index (χ2v) is 11.9. The zero-order chi connectivity index (χ0) is 31.1. The molecule has 0 spiro atoms. The first-order valence-electron chi connectivity index (χ1n) is 15.1. The monoisotopic (exact) mass is 603 g/mol. The van der Waals surface area contributed by atoms with Crippen LogP contribution in [0.15, 0.2) is 104 Å². The maximum Gasteiger partial charge on any atom is 0.228 e. The van der Waals surface area contributed by atoms with Gasteiger partial charge < -0.3 is 14.4 Å². The van der Waals surface area contributed by atoms with E-state index in [1.165, 1.54) is 10.8 Å². The molecule has 6 nitrogen and oxygen atoms in total. The summed E-state index contributed by atoms with van der Waals surface area (Å²) in [7, 11) is 1.93. The van der Waals surface area contributed by atoms with Crippen LogP contribution in [-0.4, -0.2) is 40.0 Å². The lowest BCUT2D eigenvalue weighted by Gasteiger charge is -2.38. The van der Waals surface area contributed by atoms with Crippen molar-refractivity contribution in [3.05, 3.63) is 131 Å². The number of fused-ring (bicyclic) bond motifs is 1. The van der Waals surface area contributed by atoms with Gasteiger partial charge in [-0.15, -0.1) is 0 Å². The molecule has 0 aliphatic rings. The highest BCUT2D eigenvalue weighted by Crippen LogP contribution is 2.30. The molecule has 0 N–H and O–H groups in total. The van der Waals surface area contributed by atoms with Crippen molar-refractivity contribution in [1.82, 2.24) is 14.5 Å². The van der Waals surface area contributed by atoms with Crippen molar-refractivity contribution >= 4 is 34.0 Å². The SMILES string of the molecule is CC[C@H](C)[C@@H](CN(Cc1cccc(Cl)c1)c1cccc2ccccc12)N(C)C(=O)Cc1cncn1Cc1ccc(C#N)cc1. The van der Waals surface area contributed by atoms with Crippen LogP contribution in [0.25, 0.3) is 10.8 Å². The summed E-state index contributed by atoms with van der Waals surface area (Å²) >= 11 is 6.39. The number of likely N-dealkylation sites (N-methyl/N-ethyl adjacent to an activating group) is 1. The van der Waals surface area contributed by atoms with E-state index in [1.807, 2.05) is 59.0 Å². The first-order chi connectivity index (χ1) is 21.4. The van der Waals surface area contributed by atoms with E-state index in [1.54, 1.807) is 12.5 Å². The summed E-state index contributed by atoms with van der Waals surface area (Å²) in [6.45, 7) is 6.33. The molecule has 0 fully saturated rings. The number of hydrogen-bond donors (Lipinski definition) is 0. The normalized spacial score (nSPS) is 12.4. The summed E-state index contributed by atoms with van der Waals surface area (Å²) in [5.74, 6) is 0.321. The lowest BCUT2D eigenvalue weighted by Crippen LogP contribution is -2.49. The van der Waals surface area contributed by atoms with Crippen LogP contribution in [0.2, 0.25) is 5.02 Å². The smallest absolute Gasteiger partial charge is 0.228 e. The van der Waals surface area contributed by atoms with E-state index in [4.69, 9.17) is 16.9 Å². The van der Waals surface area contributed by atoms with Gasteiger partial charge in [0.05, 0.1) is 30.4 Å². The lowest BCUT2D eigenvalue weighted by atomic mass is 9.96. The van der Waals surface area contributed by atoms with Crippen LogP contribution in [0.1, 0.15) is 42.7 Å². The van der Waals surface area contributed by atoms with Gasteiger partial charge in [-0.2, -0.15) is 5.26 Å². The fourth-order valence-corrected chi connectivity index (χ4v) is 5.97. The Labute approximate surface area is 265 Å². The van der Waals surface area contributed by atoms with Crippen LogP contribution in [0, 0.1) is 17.2 Å². The zero-order valence-corrected chi connectivity index (χ0v) is 26.3. The number of anilines is 1. The Kier molecular flexibility index (Phi) is 9.99. The van der Waals surface area contributed by atoms with E-state index in [-0.39, 0.29) is 24.3 Å². The zero-order valence-electron chi connectivity index (χ0n) is 25.5. The number of nitrogens with zero attached hydrogens (tertiary/aromatic N) is 5. The van der Waals surface area contributed by atoms with Crippen molar-refractivity contribution in [3.8, 4) is 6.07 Å². The summed E-state index contributed by atoms with van der Waals surface area (Å²) in [5.41, 5.74) is 4.79. The van der Waals surface area contributed by atoms with Gasteiger partial charge in [0.2, 0.25) is 5.91 Å². The Hall–Kier alpha value is -4.60. The van der Waals surface area contributed by atoms with Gasteiger partial charge in [-0.3, -0.25) is 4.79 Å². The average molecular weight is 604 g/mol. The van der Waals surface area contributed by atoms with E-state index in [0.717, 1.165) is 28.9 Å². The molecule has 5 aromatic rings. The third kappa shape index (κ3) is 7.30.